The predicted molar refractivity (Wildman–Crippen MR) is 80.7 cm³/mol. The van der Waals surface area contributed by atoms with Gasteiger partial charge in [0, 0.05) is 6.42 Å². The molecule has 0 aliphatic carbocycles. The van der Waals surface area contributed by atoms with Gasteiger partial charge in [0.1, 0.15) is 5.78 Å². The predicted octanol–water partition coefficient (Wildman–Crippen LogP) is 5.38. The van der Waals surface area contributed by atoms with Gasteiger partial charge in [-0.2, -0.15) is 0 Å². The SMILES string of the molecule is CC(=O)CCC=CCCC=C(C)CCC=C(C)C. The van der Waals surface area contributed by atoms with Gasteiger partial charge >= 0.3 is 0 Å². The topological polar surface area (TPSA) is 17.1 Å². The smallest absolute Gasteiger partial charge is 0.130 e. The van der Waals surface area contributed by atoms with Crippen LogP contribution in [-0.2, 0) is 4.79 Å². The molecule has 1 nitrogen and oxygen atoms in total. The van der Waals surface area contributed by atoms with E-state index in [0.29, 0.717) is 6.42 Å². The molecule has 0 saturated carbocycles. The third-order valence-corrected chi connectivity index (χ3v) is 2.75. The quantitative estimate of drug-likeness (QED) is 0.395. The summed E-state index contributed by atoms with van der Waals surface area (Å²) in [5.41, 5.74) is 2.88. The van der Waals surface area contributed by atoms with Crippen LogP contribution in [0.25, 0.3) is 0 Å². The van der Waals surface area contributed by atoms with E-state index in [1.54, 1.807) is 6.92 Å². The van der Waals surface area contributed by atoms with Crippen LogP contribution in [0.1, 0.15) is 66.2 Å². The van der Waals surface area contributed by atoms with Gasteiger partial charge in [0.05, 0.1) is 0 Å². The first-order chi connectivity index (χ1) is 8.52. The number of rotatable bonds is 9. The maximum Gasteiger partial charge on any atom is 0.130 e. The van der Waals surface area contributed by atoms with Crippen molar-refractivity contribution < 1.29 is 4.79 Å². The van der Waals surface area contributed by atoms with E-state index in [2.05, 4.69) is 45.1 Å². The van der Waals surface area contributed by atoms with Crippen LogP contribution >= 0.6 is 0 Å². The van der Waals surface area contributed by atoms with Crippen LogP contribution in [0.4, 0.5) is 0 Å². The Morgan fingerprint density at radius 2 is 1.44 bits per heavy atom. The van der Waals surface area contributed by atoms with Crippen LogP contribution in [0.5, 0.6) is 0 Å². The molecular weight excluding hydrogens is 220 g/mol. The monoisotopic (exact) mass is 248 g/mol. The van der Waals surface area contributed by atoms with Gasteiger partial charge in [-0.1, -0.05) is 35.5 Å². The van der Waals surface area contributed by atoms with Gasteiger partial charge < -0.3 is 4.79 Å². The van der Waals surface area contributed by atoms with E-state index in [9.17, 15) is 4.79 Å². The highest BCUT2D eigenvalue weighted by Crippen LogP contribution is 2.08. The molecule has 0 spiro atoms. The van der Waals surface area contributed by atoms with Crippen molar-refractivity contribution in [1.29, 1.82) is 0 Å². The van der Waals surface area contributed by atoms with E-state index in [4.69, 9.17) is 0 Å². The molecule has 0 aromatic rings. The molecule has 0 aromatic heterocycles. The molecular formula is C17H28O. The molecule has 0 rings (SSSR count). The minimum Gasteiger partial charge on any atom is -0.300 e. The molecule has 0 unspecified atom stereocenters. The summed E-state index contributed by atoms with van der Waals surface area (Å²) in [5, 5.41) is 0. The van der Waals surface area contributed by atoms with Crippen molar-refractivity contribution in [3.05, 3.63) is 35.5 Å². The minimum atomic E-state index is 0.273. The Morgan fingerprint density at radius 1 is 0.778 bits per heavy atom. The molecule has 0 aromatic carbocycles. The zero-order valence-corrected chi connectivity index (χ0v) is 12.5. The third-order valence-electron chi connectivity index (χ3n) is 2.75. The van der Waals surface area contributed by atoms with Gasteiger partial charge in [0.2, 0.25) is 0 Å². The lowest BCUT2D eigenvalue weighted by atomic mass is 10.1. The Labute approximate surface area is 113 Å². The van der Waals surface area contributed by atoms with Crippen molar-refractivity contribution in [3.63, 3.8) is 0 Å². The first-order valence-electron chi connectivity index (χ1n) is 6.95. The summed E-state index contributed by atoms with van der Waals surface area (Å²) in [4.78, 5) is 10.7. The number of carbonyl (C=O) groups is 1. The molecule has 0 heterocycles. The fraction of sp³-hybridized carbons (Fsp3) is 0.588. The van der Waals surface area contributed by atoms with Crippen LogP contribution in [0, 0.1) is 0 Å². The number of hydrogen-bond acceptors (Lipinski definition) is 1. The lowest BCUT2D eigenvalue weighted by molar-refractivity contribution is -0.116. The molecule has 18 heavy (non-hydrogen) atoms. The highest BCUT2D eigenvalue weighted by molar-refractivity contribution is 5.75. The first kappa shape index (κ1) is 16.9. The Hall–Kier alpha value is -1.11. The molecule has 0 aliphatic rings. The van der Waals surface area contributed by atoms with E-state index in [1.807, 2.05) is 0 Å². The van der Waals surface area contributed by atoms with Gasteiger partial charge in [-0.15, -0.1) is 0 Å². The Kier molecular flexibility index (Phi) is 10.3. The average Bonchev–Trinajstić information content (AvgIpc) is 2.26. The highest BCUT2D eigenvalue weighted by Gasteiger charge is 1.90. The molecule has 102 valence electrons. The molecule has 0 aliphatic heterocycles. The van der Waals surface area contributed by atoms with E-state index in [-0.39, 0.29) is 5.78 Å². The largest absolute Gasteiger partial charge is 0.300 e. The second-order valence-electron chi connectivity index (χ2n) is 5.16. The summed E-state index contributed by atoms with van der Waals surface area (Å²) >= 11 is 0. The van der Waals surface area contributed by atoms with Crippen molar-refractivity contribution >= 4 is 5.78 Å². The van der Waals surface area contributed by atoms with Crippen LogP contribution < -0.4 is 0 Å². The van der Waals surface area contributed by atoms with Gasteiger partial charge in [-0.3, -0.25) is 0 Å². The average molecular weight is 248 g/mol. The maximum absolute atomic E-state index is 10.7. The van der Waals surface area contributed by atoms with Gasteiger partial charge in [0.25, 0.3) is 0 Å². The van der Waals surface area contributed by atoms with Crippen LogP contribution in [-0.4, -0.2) is 5.78 Å². The van der Waals surface area contributed by atoms with E-state index < -0.39 is 0 Å². The number of hydrogen-bond donors (Lipinski definition) is 0. The molecule has 0 fully saturated rings. The Morgan fingerprint density at radius 3 is 2.06 bits per heavy atom. The van der Waals surface area contributed by atoms with Crippen molar-refractivity contribution in [2.24, 2.45) is 0 Å². The summed E-state index contributed by atoms with van der Waals surface area (Å²) in [7, 11) is 0. The Balaban J connectivity index is 3.62. The third kappa shape index (κ3) is 13.0. The van der Waals surface area contributed by atoms with Crippen molar-refractivity contribution in [2.45, 2.75) is 66.2 Å². The fourth-order valence-corrected chi connectivity index (χ4v) is 1.64. The van der Waals surface area contributed by atoms with Crippen LogP contribution in [0.3, 0.4) is 0 Å². The van der Waals surface area contributed by atoms with Gasteiger partial charge in [-0.05, 0) is 59.8 Å². The number of allylic oxidation sites excluding steroid dienone is 6. The minimum absolute atomic E-state index is 0.273. The van der Waals surface area contributed by atoms with E-state index in [1.165, 1.54) is 17.6 Å². The second-order valence-corrected chi connectivity index (χ2v) is 5.16. The van der Waals surface area contributed by atoms with Crippen molar-refractivity contribution in [3.8, 4) is 0 Å². The van der Waals surface area contributed by atoms with Gasteiger partial charge in [0.15, 0.2) is 0 Å². The summed E-state index contributed by atoms with van der Waals surface area (Å²) < 4.78 is 0. The molecule has 0 bridgehead atoms. The standard InChI is InChI=1S/C17H28O/c1-15(2)11-10-13-16(3)12-8-6-5-7-9-14-17(4)18/h5,7,11-12H,6,8-10,13-14H2,1-4H3. The Bertz CT molecular complexity index is 315. The zero-order chi connectivity index (χ0) is 13.8. The molecule has 0 N–H and O–H groups in total. The molecule has 0 radical (unpaired) electrons. The van der Waals surface area contributed by atoms with Crippen LogP contribution in [0.2, 0.25) is 0 Å². The number of carbonyl (C=O) groups excluding carboxylic acids is 1. The maximum atomic E-state index is 10.7. The molecule has 0 atom stereocenters. The highest BCUT2D eigenvalue weighted by atomic mass is 16.1. The first-order valence-corrected chi connectivity index (χ1v) is 6.95. The number of unbranched alkanes of at least 4 members (excludes halogenated alkanes) is 1. The summed E-state index contributed by atoms with van der Waals surface area (Å²) in [6, 6.07) is 0. The number of ketones is 1. The fourth-order valence-electron chi connectivity index (χ4n) is 1.64. The number of Topliss-reactive ketones (excluding diaryl/α,β-unsaturated/α-hetero) is 1. The summed E-state index contributed by atoms with van der Waals surface area (Å²) in [6.07, 6.45) is 15.0. The van der Waals surface area contributed by atoms with Crippen molar-refractivity contribution in [1.82, 2.24) is 0 Å². The summed E-state index contributed by atoms with van der Waals surface area (Å²) in [5.74, 6) is 0.273. The van der Waals surface area contributed by atoms with E-state index >= 15 is 0 Å². The zero-order valence-electron chi connectivity index (χ0n) is 12.5. The molecule has 1 heteroatoms. The lowest BCUT2D eigenvalue weighted by Crippen LogP contribution is -1.86. The molecule has 0 saturated heterocycles. The van der Waals surface area contributed by atoms with Crippen LogP contribution in [0.15, 0.2) is 35.5 Å². The lowest BCUT2D eigenvalue weighted by Gasteiger charge is -1.98. The summed E-state index contributed by atoms with van der Waals surface area (Å²) in [6.45, 7) is 8.14. The second kappa shape index (κ2) is 11.0. The molecule has 0 amide bonds. The normalized spacial score (nSPS) is 11.9. The van der Waals surface area contributed by atoms with Gasteiger partial charge in [-0.25, -0.2) is 0 Å². The van der Waals surface area contributed by atoms with E-state index in [0.717, 1.165) is 25.7 Å². The van der Waals surface area contributed by atoms with Crippen molar-refractivity contribution in [2.75, 3.05) is 0 Å².